The van der Waals surface area contributed by atoms with E-state index in [0.717, 1.165) is 11.6 Å². The summed E-state index contributed by atoms with van der Waals surface area (Å²) in [5.41, 5.74) is 2.26. The van der Waals surface area contributed by atoms with E-state index in [1.165, 1.54) is 17.7 Å². The van der Waals surface area contributed by atoms with E-state index in [-0.39, 0.29) is 16.0 Å². The van der Waals surface area contributed by atoms with E-state index in [9.17, 15) is 18.5 Å². The summed E-state index contributed by atoms with van der Waals surface area (Å²) in [6.45, 7) is 6.83. The minimum absolute atomic E-state index is 0.0484. The fourth-order valence-electron chi connectivity index (χ4n) is 2.62. The van der Waals surface area contributed by atoms with Gasteiger partial charge in [-0.05, 0) is 28.7 Å². The molecule has 2 aromatic rings. The van der Waals surface area contributed by atoms with E-state index in [4.69, 9.17) is 5.14 Å². The van der Waals surface area contributed by atoms with Crippen molar-refractivity contribution in [3.05, 3.63) is 63.7 Å². The maximum Gasteiger partial charge on any atom is 0.293 e. The highest BCUT2D eigenvalue weighted by Gasteiger charge is 2.21. The number of benzene rings is 2. The third kappa shape index (κ3) is 4.59. The first-order valence-electron chi connectivity index (χ1n) is 8.01. The summed E-state index contributed by atoms with van der Waals surface area (Å²) in [6, 6.07) is 11.7. The Kier molecular flexibility index (Phi) is 5.39. The number of hydrogen-bond donors (Lipinski definition) is 1. The molecule has 0 aliphatic heterocycles. The number of hydrogen-bond acceptors (Lipinski definition) is 5. The van der Waals surface area contributed by atoms with E-state index in [1.807, 2.05) is 24.3 Å². The van der Waals surface area contributed by atoms with Crippen LogP contribution in [0.25, 0.3) is 0 Å². The van der Waals surface area contributed by atoms with Crippen molar-refractivity contribution in [3.8, 4) is 0 Å². The molecule has 0 atom stereocenters. The molecule has 0 aliphatic rings. The zero-order chi connectivity index (χ0) is 19.7. The van der Waals surface area contributed by atoms with Crippen molar-refractivity contribution in [2.24, 2.45) is 5.14 Å². The van der Waals surface area contributed by atoms with Crippen molar-refractivity contribution in [2.75, 3.05) is 11.9 Å². The summed E-state index contributed by atoms with van der Waals surface area (Å²) in [4.78, 5) is 12.2. The molecule has 0 heterocycles. The van der Waals surface area contributed by atoms with Crippen molar-refractivity contribution in [1.29, 1.82) is 0 Å². The number of rotatable bonds is 5. The van der Waals surface area contributed by atoms with Crippen LogP contribution < -0.4 is 10.0 Å². The van der Waals surface area contributed by atoms with Crippen molar-refractivity contribution < 1.29 is 13.3 Å². The predicted octanol–water partition coefficient (Wildman–Crippen LogP) is 3.18. The Morgan fingerprint density at radius 3 is 2.15 bits per heavy atom. The van der Waals surface area contributed by atoms with Crippen LogP contribution in [0, 0.1) is 10.1 Å². The van der Waals surface area contributed by atoms with E-state index in [2.05, 4.69) is 20.8 Å². The Hall–Kier alpha value is -2.45. The normalized spacial score (nSPS) is 12.0. The van der Waals surface area contributed by atoms with Crippen LogP contribution in [0.2, 0.25) is 0 Å². The number of nitro benzene ring substituents is 1. The van der Waals surface area contributed by atoms with E-state index in [1.54, 1.807) is 11.9 Å². The van der Waals surface area contributed by atoms with Crippen LogP contribution in [0.5, 0.6) is 0 Å². The smallest absolute Gasteiger partial charge is 0.293 e. The van der Waals surface area contributed by atoms with Crippen LogP contribution in [0.4, 0.5) is 11.4 Å². The predicted molar refractivity (Wildman–Crippen MR) is 102 cm³/mol. The van der Waals surface area contributed by atoms with Crippen molar-refractivity contribution in [1.82, 2.24) is 0 Å². The third-order valence-corrected chi connectivity index (χ3v) is 5.03. The summed E-state index contributed by atoms with van der Waals surface area (Å²) in [7, 11) is -2.28. The Balaban J connectivity index is 2.32. The molecule has 0 bridgehead atoms. The molecule has 0 aliphatic carbocycles. The maximum atomic E-state index is 11.4. The van der Waals surface area contributed by atoms with Crippen molar-refractivity contribution in [3.63, 3.8) is 0 Å². The highest BCUT2D eigenvalue weighted by atomic mass is 32.2. The average molecular weight is 377 g/mol. The lowest BCUT2D eigenvalue weighted by Crippen LogP contribution is -2.19. The van der Waals surface area contributed by atoms with Gasteiger partial charge in [0, 0.05) is 19.7 Å². The van der Waals surface area contributed by atoms with Gasteiger partial charge in [0.25, 0.3) is 5.69 Å². The molecule has 0 saturated heterocycles. The van der Waals surface area contributed by atoms with Gasteiger partial charge in [0.1, 0.15) is 5.69 Å². The van der Waals surface area contributed by atoms with Gasteiger partial charge in [-0.3, -0.25) is 10.1 Å². The second-order valence-electron chi connectivity index (χ2n) is 7.26. The first kappa shape index (κ1) is 19.9. The number of nitro groups is 1. The monoisotopic (exact) mass is 377 g/mol. The molecular weight excluding hydrogens is 354 g/mol. The molecule has 0 aromatic heterocycles. The maximum absolute atomic E-state index is 11.4. The van der Waals surface area contributed by atoms with Crippen LogP contribution in [-0.2, 0) is 22.0 Å². The fraction of sp³-hybridized carbons (Fsp3) is 0.333. The van der Waals surface area contributed by atoms with Gasteiger partial charge < -0.3 is 4.90 Å². The highest BCUT2D eigenvalue weighted by molar-refractivity contribution is 7.89. The zero-order valence-electron chi connectivity index (χ0n) is 15.3. The standard InChI is InChI=1S/C18H23N3O4S/c1-18(2,3)14-7-5-13(6-8-14)12-20(4)16-10-9-15(26(19,24)25)11-17(16)21(22)23/h5-11H,12H2,1-4H3,(H2,19,24,25). The minimum atomic E-state index is -4.00. The number of sulfonamides is 1. The van der Waals surface area contributed by atoms with Gasteiger partial charge in [0.15, 0.2) is 0 Å². The van der Waals surface area contributed by atoms with Gasteiger partial charge in [-0.1, -0.05) is 45.0 Å². The molecule has 0 unspecified atom stereocenters. The molecule has 2 aromatic carbocycles. The molecular formula is C18H23N3O4S. The minimum Gasteiger partial charge on any atom is -0.365 e. The molecule has 2 N–H and O–H groups in total. The summed E-state index contributed by atoms with van der Waals surface area (Å²) < 4.78 is 22.9. The summed E-state index contributed by atoms with van der Waals surface area (Å²) in [5, 5.41) is 16.4. The summed E-state index contributed by atoms with van der Waals surface area (Å²) in [6.07, 6.45) is 0. The van der Waals surface area contributed by atoms with Crippen LogP contribution >= 0.6 is 0 Å². The Labute approximate surface area is 153 Å². The van der Waals surface area contributed by atoms with Crippen LogP contribution in [-0.4, -0.2) is 20.4 Å². The molecule has 2 rings (SSSR count). The molecule has 26 heavy (non-hydrogen) atoms. The number of primary sulfonamides is 1. The van der Waals surface area contributed by atoms with Gasteiger partial charge in [-0.2, -0.15) is 0 Å². The van der Waals surface area contributed by atoms with E-state index >= 15 is 0 Å². The van der Waals surface area contributed by atoms with Gasteiger partial charge in [-0.15, -0.1) is 0 Å². The molecule has 0 fully saturated rings. The van der Waals surface area contributed by atoms with Crippen molar-refractivity contribution in [2.45, 2.75) is 37.6 Å². The Bertz CT molecular complexity index is 916. The van der Waals surface area contributed by atoms with Crippen molar-refractivity contribution >= 4 is 21.4 Å². The average Bonchev–Trinajstić information content (AvgIpc) is 2.53. The van der Waals surface area contributed by atoms with E-state index < -0.39 is 14.9 Å². The lowest BCUT2D eigenvalue weighted by Gasteiger charge is -2.22. The SMILES string of the molecule is CN(Cc1ccc(C(C)(C)C)cc1)c1ccc(S(N)(=O)=O)cc1[N+](=O)[O-]. The first-order valence-corrected chi connectivity index (χ1v) is 9.56. The lowest BCUT2D eigenvalue weighted by atomic mass is 9.87. The van der Waals surface area contributed by atoms with Crippen LogP contribution in [0.1, 0.15) is 31.9 Å². The first-order chi connectivity index (χ1) is 11.9. The number of nitrogens with two attached hydrogens (primary N) is 1. The van der Waals surface area contributed by atoms with Gasteiger partial charge in [0.2, 0.25) is 10.0 Å². The lowest BCUT2D eigenvalue weighted by molar-refractivity contribution is -0.384. The molecule has 140 valence electrons. The van der Waals surface area contributed by atoms with E-state index in [0.29, 0.717) is 12.2 Å². The van der Waals surface area contributed by atoms with Crippen LogP contribution in [0.3, 0.4) is 0 Å². The largest absolute Gasteiger partial charge is 0.365 e. The topological polar surface area (TPSA) is 107 Å². The summed E-state index contributed by atoms with van der Waals surface area (Å²) >= 11 is 0. The molecule has 8 heteroatoms. The Morgan fingerprint density at radius 2 is 1.69 bits per heavy atom. The second-order valence-corrected chi connectivity index (χ2v) is 8.82. The van der Waals surface area contributed by atoms with Gasteiger partial charge in [0.05, 0.1) is 9.82 Å². The van der Waals surface area contributed by atoms with Gasteiger partial charge in [-0.25, -0.2) is 13.6 Å². The zero-order valence-corrected chi connectivity index (χ0v) is 16.1. The Morgan fingerprint density at radius 1 is 1.12 bits per heavy atom. The highest BCUT2D eigenvalue weighted by Crippen LogP contribution is 2.31. The quantitative estimate of drug-likeness (QED) is 0.636. The second kappa shape index (κ2) is 7.05. The number of anilines is 1. The molecule has 0 spiro atoms. The summed E-state index contributed by atoms with van der Waals surface area (Å²) in [5.74, 6) is 0. The fourth-order valence-corrected chi connectivity index (χ4v) is 3.15. The van der Waals surface area contributed by atoms with Crippen LogP contribution in [0.15, 0.2) is 47.4 Å². The molecule has 0 amide bonds. The third-order valence-electron chi connectivity index (χ3n) is 4.12. The molecule has 0 saturated carbocycles. The number of nitrogens with zero attached hydrogens (tertiary/aromatic N) is 2. The molecule has 0 radical (unpaired) electrons. The van der Waals surface area contributed by atoms with Gasteiger partial charge >= 0.3 is 0 Å². The molecule has 7 nitrogen and oxygen atoms in total.